The van der Waals surface area contributed by atoms with Crippen LogP contribution in [-0.2, 0) is 16.4 Å². The Morgan fingerprint density at radius 2 is 1.87 bits per heavy atom. The van der Waals surface area contributed by atoms with Crippen molar-refractivity contribution < 1.29 is 9.84 Å². The van der Waals surface area contributed by atoms with Crippen molar-refractivity contribution >= 4 is 15.6 Å². The third kappa shape index (κ3) is 6.88. The van der Waals surface area contributed by atoms with Crippen molar-refractivity contribution in [2.45, 2.75) is 53.4 Å². The van der Waals surface area contributed by atoms with Crippen LogP contribution in [0.3, 0.4) is 0 Å². The number of benzene rings is 1. The van der Waals surface area contributed by atoms with E-state index in [0.29, 0.717) is 6.54 Å². The summed E-state index contributed by atoms with van der Waals surface area (Å²) in [6.45, 7) is 8.42. The minimum absolute atomic E-state index is 0. The zero-order valence-electron chi connectivity index (χ0n) is 14.9. The average molecular weight is 340 g/mol. The van der Waals surface area contributed by atoms with E-state index < -0.39 is 10.0 Å². The summed E-state index contributed by atoms with van der Waals surface area (Å²) >= 11 is 0. The van der Waals surface area contributed by atoms with Crippen LogP contribution in [0.2, 0.25) is 0 Å². The molecule has 1 aliphatic carbocycles. The predicted molar refractivity (Wildman–Crippen MR) is 102 cm³/mol. The lowest BCUT2D eigenvalue weighted by atomic mass is 9.87. The normalized spacial score (nSPS) is 17.9. The van der Waals surface area contributed by atoms with Gasteiger partial charge in [-0.25, -0.2) is 13.1 Å². The monoisotopic (exact) mass is 339 g/mol. The van der Waals surface area contributed by atoms with Gasteiger partial charge in [0.15, 0.2) is 0 Å². The molecule has 0 amide bonds. The summed E-state index contributed by atoms with van der Waals surface area (Å²) in [5.74, 6) is 0.943. The lowest BCUT2D eigenvalue weighted by Crippen LogP contribution is -2.27. The molecule has 0 saturated heterocycles. The van der Waals surface area contributed by atoms with Crippen LogP contribution in [0.15, 0.2) is 30.3 Å². The Bertz CT molecular complexity index is 594. The lowest BCUT2D eigenvalue weighted by molar-refractivity contribution is 0.534. The van der Waals surface area contributed by atoms with Gasteiger partial charge in [-0.15, -0.1) is 0 Å². The minimum Gasteiger partial charge on any atom is -0.215 e. The molecule has 0 saturated carbocycles. The van der Waals surface area contributed by atoms with E-state index in [1.54, 1.807) is 6.92 Å². The number of rotatable bonds is 6. The van der Waals surface area contributed by atoms with E-state index in [4.69, 9.17) is 0 Å². The first-order valence-electron chi connectivity index (χ1n) is 8.76. The maximum Gasteiger partial charge on any atom is 0.211 e. The fourth-order valence-corrected chi connectivity index (χ4v) is 3.18. The standard InChI is InChI=1S/C17H25NO2S.C2H6.H2/c1-3-21(19,20)18-13-12-15-6-10-17(11-7-15)16-8-4-14(2)5-9-16;1-2;/h6-8,10-11,14,18H,3-5,9,12-13H2,1-2H3;1-2H3;1H. The van der Waals surface area contributed by atoms with Crippen LogP contribution < -0.4 is 4.72 Å². The van der Waals surface area contributed by atoms with E-state index in [9.17, 15) is 8.42 Å². The zero-order chi connectivity index (χ0) is 17.3. The Kier molecular flexibility index (Phi) is 8.56. The van der Waals surface area contributed by atoms with E-state index in [-0.39, 0.29) is 7.18 Å². The molecule has 4 heteroatoms. The van der Waals surface area contributed by atoms with Gasteiger partial charge in [0.05, 0.1) is 5.75 Å². The van der Waals surface area contributed by atoms with Gasteiger partial charge in [0, 0.05) is 7.97 Å². The molecule has 1 atom stereocenters. The molecule has 0 aliphatic heterocycles. The van der Waals surface area contributed by atoms with Gasteiger partial charge in [-0.05, 0) is 55.2 Å². The molecule has 0 aromatic heterocycles. The second-order valence-electron chi connectivity index (χ2n) is 5.85. The van der Waals surface area contributed by atoms with Crippen LogP contribution in [0, 0.1) is 5.92 Å². The number of allylic oxidation sites excluding steroid dienone is 2. The van der Waals surface area contributed by atoms with Crippen molar-refractivity contribution in [2.24, 2.45) is 5.92 Å². The predicted octanol–water partition coefficient (Wildman–Crippen LogP) is 4.64. The summed E-state index contributed by atoms with van der Waals surface area (Å²) in [6.07, 6.45) is 6.70. The first-order chi connectivity index (χ1) is 11.0. The maximum absolute atomic E-state index is 11.4. The van der Waals surface area contributed by atoms with Gasteiger partial charge in [0.25, 0.3) is 0 Å². The van der Waals surface area contributed by atoms with Gasteiger partial charge in [0.1, 0.15) is 0 Å². The molecule has 1 aliphatic rings. The van der Waals surface area contributed by atoms with Gasteiger partial charge in [-0.3, -0.25) is 0 Å². The number of nitrogens with one attached hydrogen (secondary N) is 1. The third-order valence-electron chi connectivity index (χ3n) is 4.11. The molecule has 0 bridgehead atoms. The lowest BCUT2D eigenvalue weighted by Gasteiger charge is -2.18. The Balaban J connectivity index is 0.00000170. The molecule has 2 rings (SSSR count). The van der Waals surface area contributed by atoms with Gasteiger partial charge < -0.3 is 0 Å². The van der Waals surface area contributed by atoms with E-state index >= 15 is 0 Å². The maximum atomic E-state index is 11.4. The molecule has 0 spiro atoms. The third-order valence-corrected chi connectivity index (χ3v) is 5.52. The fraction of sp³-hybridized carbons (Fsp3) is 0.579. The summed E-state index contributed by atoms with van der Waals surface area (Å²) in [5.41, 5.74) is 3.92. The summed E-state index contributed by atoms with van der Waals surface area (Å²) in [6, 6.07) is 8.53. The van der Waals surface area contributed by atoms with E-state index in [1.807, 2.05) is 13.8 Å². The molecule has 1 aromatic carbocycles. The Morgan fingerprint density at radius 1 is 1.22 bits per heavy atom. The molecule has 1 N–H and O–H groups in total. The van der Waals surface area contributed by atoms with Crippen LogP contribution in [0.4, 0.5) is 0 Å². The summed E-state index contributed by atoms with van der Waals surface area (Å²) in [7, 11) is -3.08. The molecule has 23 heavy (non-hydrogen) atoms. The Morgan fingerprint density at radius 3 is 2.39 bits per heavy atom. The van der Waals surface area contributed by atoms with Crippen molar-refractivity contribution in [1.82, 2.24) is 4.72 Å². The van der Waals surface area contributed by atoms with Crippen molar-refractivity contribution in [2.75, 3.05) is 12.3 Å². The highest BCUT2D eigenvalue weighted by atomic mass is 32.2. The highest BCUT2D eigenvalue weighted by Gasteiger charge is 2.11. The van der Waals surface area contributed by atoms with Crippen molar-refractivity contribution in [3.05, 3.63) is 41.5 Å². The SMILES string of the molecule is CC.CCS(=O)(=O)NCCc1ccc(C2=CCC(C)CC2)cc1.[HH]. The quantitative estimate of drug-likeness (QED) is 0.820. The van der Waals surface area contributed by atoms with Crippen molar-refractivity contribution in [3.63, 3.8) is 0 Å². The number of sulfonamides is 1. The summed E-state index contributed by atoms with van der Waals surface area (Å²) < 4.78 is 25.3. The van der Waals surface area contributed by atoms with Crippen LogP contribution in [0.25, 0.3) is 5.57 Å². The van der Waals surface area contributed by atoms with E-state index in [2.05, 4.69) is 42.0 Å². The molecule has 1 unspecified atom stereocenters. The summed E-state index contributed by atoms with van der Waals surface area (Å²) in [5, 5.41) is 0. The minimum atomic E-state index is -3.08. The molecule has 132 valence electrons. The number of hydrogen-bond donors (Lipinski definition) is 1. The molecule has 0 fully saturated rings. The number of hydrogen-bond acceptors (Lipinski definition) is 2. The Labute approximate surface area is 143 Å². The highest BCUT2D eigenvalue weighted by Crippen LogP contribution is 2.29. The Hall–Kier alpha value is -1.13. The van der Waals surface area contributed by atoms with Crippen LogP contribution >= 0.6 is 0 Å². The van der Waals surface area contributed by atoms with Crippen molar-refractivity contribution in [1.29, 1.82) is 0 Å². The topological polar surface area (TPSA) is 46.2 Å². The zero-order valence-corrected chi connectivity index (χ0v) is 15.7. The molecular formula is C19H33NO2S. The van der Waals surface area contributed by atoms with E-state index in [1.165, 1.54) is 29.5 Å². The molecular weight excluding hydrogens is 306 g/mol. The van der Waals surface area contributed by atoms with Gasteiger partial charge in [-0.2, -0.15) is 0 Å². The highest BCUT2D eigenvalue weighted by molar-refractivity contribution is 7.89. The first kappa shape index (κ1) is 19.9. The van der Waals surface area contributed by atoms with Crippen LogP contribution in [0.5, 0.6) is 0 Å². The average Bonchev–Trinajstić information content (AvgIpc) is 2.58. The summed E-state index contributed by atoms with van der Waals surface area (Å²) in [4.78, 5) is 0. The smallest absolute Gasteiger partial charge is 0.211 e. The molecule has 0 radical (unpaired) electrons. The molecule has 1 aromatic rings. The van der Waals surface area contributed by atoms with Gasteiger partial charge in [0.2, 0.25) is 10.0 Å². The second-order valence-corrected chi connectivity index (χ2v) is 7.95. The van der Waals surface area contributed by atoms with Crippen LogP contribution in [-0.4, -0.2) is 20.7 Å². The second kappa shape index (κ2) is 9.89. The van der Waals surface area contributed by atoms with Gasteiger partial charge >= 0.3 is 0 Å². The van der Waals surface area contributed by atoms with Gasteiger partial charge in [-0.1, -0.05) is 51.1 Å². The largest absolute Gasteiger partial charge is 0.215 e. The van der Waals surface area contributed by atoms with E-state index in [0.717, 1.165) is 18.8 Å². The van der Waals surface area contributed by atoms with Crippen LogP contribution in [0.1, 0.15) is 59.5 Å². The molecule has 0 heterocycles. The fourth-order valence-electron chi connectivity index (χ4n) is 2.57. The first-order valence-corrected chi connectivity index (χ1v) is 10.4. The van der Waals surface area contributed by atoms with Crippen molar-refractivity contribution in [3.8, 4) is 0 Å². The molecule has 3 nitrogen and oxygen atoms in total.